The van der Waals surface area contributed by atoms with E-state index in [0.29, 0.717) is 43.3 Å². The number of benzene rings is 2. The van der Waals surface area contributed by atoms with Gasteiger partial charge in [-0.2, -0.15) is 0 Å². The lowest BCUT2D eigenvalue weighted by atomic mass is 9.73. The van der Waals surface area contributed by atoms with E-state index in [1.54, 1.807) is 0 Å². The number of aliphatic hydroxyl groups is 1. The number of carbonyl (C=O) groups is 2. The topological polar surface area (TPSA) is 100 Å². The number of piperidine rings is 1. The molecule has 0 bridgehead atoms. The van der Waals surface area contributed by atoms with E-state index in [2.05, 4.69) is 10.6 Å². The molecule has 2 unspecified atom stereocenters. The highest BCUT2D eigenvalue weighted by Gasteiger charge is 2.44. The second-order valence-electron chi connectivity index (χ2n) is 10.9. The van der Waals surface area contributed by atoms with Gasteiger partial charge in [-0.15, -0.1) is 0 Å². The van der Waals surface area contributed by atoms with Crippen LogP contribution in [0.5, 0.6) is 11.5 Å². The first-order valence-corrected chi connectivity index (χ1v) is 14.2. The van der Waals surface area contributed by atoms with Crippen molar-refractivity contribution in [3.8, 4) is 11.5 Å². The van der Waals surface area contributed by atoms with E-state index in [1.165, 1.54) is 7.11 Å². The van der Waals surface area contributed by atoms with Crippen molar-refractivity contribution in [1.29, 1.82) is 0 Å². The maximum Gasteiger partial charge on any atom is 0.406 e. The Morgan fingerprint density at radius 1 is 1.08 bits per heavy atom. The number of nitrogens with one attached hydrogen (secondary N) is 2. The summed E-state index contributed by atoms with van der Waals surface area (Å²) in [5.74, 6) is 1.41. The van der Waals surface area contributed by atoms with Gasteiger partial charge in [0.05, 0.1) is 12.7 Å². The Morgan fingerprint density at radius 2 is 1.82 bits per heavy atom. The molecule has 2 fully saturated rings. The summed E-state index contributed by atoms with van der Waals surface area (Å²) in [6.07, 6.45) is 4.88. The highest BCUT2D eigenvalue weighted by atomic mass is 16.5. The first kappa shape index (κ1) is 28.9. The van der Waals surface area contributed by atoms with E-state index in [-0.39, 0.29) is 17.7 Å². The summed E-state index contributed by atoms with van der Waals surface area (Å²) in [5, 5.41) is 18.6. The second-order valence-corrected chi connectivity index (χ2v) is 10.9. The van der Waals surface area contributed by atoms with Crippen LogP contribution < -0.4 is 15.4 Å². The van der Waals surface area contributed by atoms with E-state index in [0.717, 1.165) is 50.0 Å². The van der Waals surface area contributed by atoms with Gasteiger partial charge in [-0.1, -0.05) is 36.4 Å². The smallest absolute Gasteiger partial charge is 0.406 e. The Bertz CT molecular complexity index is 1120. The third-order valence-corrected chi connectivity index (χ3v) is 8.45. The number of carbonyl (C=O) groups excluding carboxylic acids is 2. The maximum absolute atomic E-state index is 13.5. The zero-order valence-electron chi connectivity index (χ0n) is 23.4. The van der Waals surface area contributed by atoms with Crippen LogP contribution in [0.15, 0.2) is 48.5 Å². The quantitative estimate of drug-likeness (QED) is 0.379. The minimum atomic E-state index is -1.25. The Hall–Kier alpha value is -3.10. The Kier molecular flexibility index (Phi) is 9.86. The number of amides is 2. The predicted octanol–water partition coefficient (Wildman–Crippen LogP) is 4.74. The van der Waals surface area contributed by atoms with Gasteiger partial charge >= 0.3 is 6.09 Å². The number of nitrogens with zero attached hydrogens (tertiary/aromatic N) is 1. The number of likely N-dealkylation sites (tertiary alicyclic amines) is 1. The summed E-state index contributed by atoms with van der Waals surface area (Å²) < 4.78 is 11.1. The molecule has 39 heavy (non-hydrogen) atoms. The summed E-state index contributed by atoms with van der Waals surface area (Å²) in [6.45, 7) is 3.59. The fraction of sp³-hybridized carbons (Fsp3) is 0.548. The molecule has 0 aromatic heterocycles. The molecular weight excluding hydrogens is 494 g/mol. The van der Waals surface area contributed by atoms with Crippen LogP contribution in [0.3, 0.4) is 0 Å². The average molecular weight is 538 g/mol. The number of hydrogen-bond donors (Lipinski definition) is 3. The Balaban J connectivity index is 1.59. The van der Waals surface area contributed by atoms with E-state index in [4.69, 9.17) is 9.47 Å². The number of rotatable bonds is 10. The molecule has 1 aliphatic heterocycles. The van der Waals surface area contributed by atoms with Gasteiger partial charge in [0, 0.05) is 43.1 Å². The summed E-state index contributed by atoms with van der Waals surface area (Å²) in [7, 11) is 3.29. The van der Waals surface area contributed by atoms with Crippen LogP contribution in [0.25, 0.3) is 0 Å². The van der Waals surface area contributed by atoms with Crippen LogP contribution in [0.2, 0.25) is 0 Å². The molecular formula is C31H43N3O5. The minimum Gasteiger partial charge on any atom is -0.457 e. The van der Waals surface area contributed by atoms with Gasteiger partial charge in [0.1, 0.15) is 11.5 Å². The largest absolute Gasteiger partial charge is 0.457 e. The zero-order chi connectivity index (χ0) is 27.8. The van der Waals surface area contributed by atoms with E-state index in [9.17, 15) is 14.7 Å². The van der Waals surface area contributed by atoms with Crippen molar-refractivity contribution in [3.63, 3.8) is 0 Å². The van der Waals surface area contributed by atoms with Crippen molar-refractivity contribution in [1.82, 2.24) is 15.5 Å². The number of alkyl carbamates (subject to hydrolysis) is 1. The van der Waals surface area contributed by atoms with Crippen LogP contribution in [0, 0.1) is 18.8 Å². The van der Waals surface area contributed by atoms with Crippen LogP contribution in [-0.2, 0) is 15.1 Å². The molecule has 1 saturated heterocycles. The van der Waals surface area contributed by atoms with Crippen molar-refractivity contribution in [2.45, 2.75) is 63.5 Å². The van der Waals surface area contributed by atoms with Gasteiger partial charge in [-0.05, 0) is 76.6 Å². The Labute approximate surface area is 232 Å². The highest BCUT2D eigenvalue weighted by Crippen LogP contribution is 2.44. The van der Waals surface area contributed by atoms with Crippen molar-refractivity contribution >= 4 is 12.0 Å². The van der Waals surface area contributed by atoms with Crippen LogP contribution in [0.4, 0.5) is 4.79 Å². The third kappa shape index (κ3) is 6.92. The number of aryl methyl sites for hydroxylation is 1. The third-order valence-electron chi connectivity index (χ3n) is 8.45. The van der Waals surface area contributed by atoms with E-state index < -0.39 is 11.7 Å². The fourth-order valence-corrected chi connectivity index (χ4v) is 6.18. The summed E-state index contributed by atoms with van der Waals surface area (Å²) in [6, 6.07) is 15.9. The van der Waals surface area contributed by atoms with Gasteiger partial charge in [-0.25, -0.2) is 4.79 Å². The standard InChI is InChI=1S/C31H43N3O5/c1-22-10-4-6-13-27(22)39-28-14-7-5-12-26(28)31(37,17-9-18-33-30(36)38-3)24-11-8-19-34(21-24)29(35)23-15-16-25(20-23)32-2/h4-7,10,12-14,23-25,32,37H,8-9,11,15-21H2,1-3H3,(H,33,36)/t23?,24?,25-,31+/m1/s1. The second kappa shape index (κ2) is 13.3. The molecule has 212 valence electrons. The van der Waals surface area contributed by atoms with Crippen LogP contribution in [-0.4, -0.2) is 61.8 Å². The lowest BCUT2D eigenvalue weighted by Crippen LogP contribution is -2.49. The first-order chi connectivity index (χ1) is 18.9. The van der Waals surface area contributed by atoms with Gasteiger partial charge < -0.3 is 30.1 Å². The van der Waals surface area contributed by atoms with Crippen molar-refractivity contribution in [2.75, 3.05) is 33.8 Å². The highest BCUT2D eigenvalue weighted by molar-refractivity contribution is 5.79. The van der Waals surface area contributed by atoms with Crippen LogP contribution >= 0.6 is 0 Å². The average Bonchev–Trinajstić information content (AvgIpc) is 3.46. The van der Waals surface area contributed by atoms with E-state index >= 15 is 0 Å². The normalized spacial score (nSPS) is 22.7. The molecule has 4 rings (SSSR count). The summed E-state index contributed by atoms with van der Waals surface area (Å²) in [5.41, 5.74) is 0.463. The monoisotopic (exact) mass is 537 g/mol. The molecule has 2 aliphatic rings. The molecule has 1 aliphatic carbocycles. The lowest BCUT2D eigenvalue weighted by Gasteiger charge is -2.44. The number of methoxy groups -OCH3 is 1. The molecule has 0 spiro atoms. The van der Waals surface area contributed by atoms with Crippen molar-refractivity contribution < 1.29 is 24.2 Å². The fourth-order valence-electron chi connectivity index (χ4n) is 6.18. The lowest BCUT2D eigenvalue weighted by molar-refractivity contribution is -0.141. The molecule has 2 aromatic rings. The molecule has 3 N–H and O–H groups in total. The van der Waals surface area contributed by atoms with Crippen molar-refractivity contribution in [2.24, 2.45) is 11.8 Å². The van der Waals surface area contributed by atoms with Crippen molar-refractivity contribution in [3.05, 3.63) is 59.7 Å². The first-order valence-electron chi connectivity index (χ1n) is 14.2. The molecule has 2 amide bonds. The minimum absolute atomic E-state index is 0.0372. The predicted molar refractivity (Wildman–Crippen MR) is 151 cm³/mol. The number of ether oxygens (including phenoxy) is 2. The SMILES string of the molecule is CN[C@@H]1CCC(C(=O)N2CCCC([C@@](O)(CCCNC(=O)OC)c3ccccc3Oc3ccccc3C)C2)C1. The molecule has 1 heterocycles. The Morgan fingerprint density at radius 3 is 2.54 bits per heavy atom. The van der Waals surface area contributed by atoms with E-state index in [1.807, 2.05) is 67.4 Å². The van der Waals surface area contributed by atoms with Gasteiger partial charge in [0.25, 0.3) is 0 Å². The number of hydrogen-bond acceptors (Lipinski definition) is 6. The van der Waals surface area contributed by atoms with Gasteiger partial charge in [0.2, 0.25) is 5.91 Å². The molecule has 2 aromatic carbocycles. The van der Waals surface area contributed by atoms with Crippen LogP contribution in [0.1, 0.15) is 56.1 Å². The van der Waals surface area contributed by atoms with Gasteiger partial charge in [-0.3, -0.25) is 4.79 Å². The summed E-state index contributed by atoms with van der Waals surface area (Å²) >= 11 is 0. The molecule has 8 heteroatoms. The molecule has 0 radical (unpaired) electrons. The molecule has 4 atom stereocenters. The summed E-state index contributed by atoms with van der Waals surface area (Å²) in [4.78, 5) is 27.1. The maximum atomic E-state index is 13.5. The van der Waals surface area contributed by atoms with Gasteiger partial charge in [0.15, 0.2) is 0 Å². The molecule has 8 nitrogen and oxygen atoms in total. The zero-order valence-corrected chi connectivity index (χ0v) is 23.4. The number of para-hydroxylation sites is 2. The molecule has 1 saturated carbocycles.